The molecule has 120 valence electrons. The summed E-state index contributed by atoms with van der Waals surface area (Å²) in [6, 6.07) is 17.4. The average Bonchev–Trinajstić information content (AvgIpc) is 2.59. The van der Waals surface area contributed by atoms with Gasteiger partial charge in [-0.15, -0.1) is 10.2 Å². The van der Waals surface area contributed by atoms with E-state index < -0.39 is 0 Å². The minimum Gasteiger partial charge on any atom is -0.339 e. The number of rotatable bonds is 4. The second-order valence-electron chi connectivity index (χ2n) is 4.87. The van der Waals surface area contributed by atoms with Crippen LogP contribution in [0, 0.1) is 0 Å². The molecule has 2 aromatic carbocycles. The Morgan fingerprint density at radius 1 is 0.875 bits per heavy atom. The molecule has 1 heterocycles. The number of hydrogen-bond donors (Lipinski definition) is 2. The lowest BCUT2D eigenvalue weighted by Gasteiger charge is -2.07. The molecule has 0 bridgehead atoms. The number of halogens is 2. The highest BCUT2D eigenvalue weighted by Gasteiger charge is 2.10. The van der Waals surface area contributed by atoms with Crippen LogP contribution >= 0.6 is 23.2 Å². The van der Waals surface area contributed by atoms with Crippen LogP contribution in [0.3, 0.4) is 0 Å². The summed E-state index contributed by atoms with van der Waals surface area (Å²) < 4.78 is 0. The molecule has 1 aromatic heterocycles. The van der Waals surface area contributed by atoms with Crippen molar-refractivity contribution in [2.45, 2.75) is 0 Å². The molecule has 0 unspecified atom stereocenters. The molecule has 0 radical (unpaired) electrons. The molecular weight excluding hydrogens is 347 g/mol. The minimum absolute atomic E-state index is 0.191. The fraction of sp³-hybridized carbons (Fsp3) is 0. The van der Waals surface area contributed by atoms with Crippen LogP contribution < -0.4 is 10.6 Å². The Balaban J connectivity index is 1.68. The van der Waals surface area contributed by atoms with Crippen molar-refractivity contribution in [3.05, 3.63) is 76.4 Å². The smallest absolute Gasteiger partial charge is 0.276 e. The summed E-state index contributed by atoms with van der Waals surface area (Å²) in [5.74, 6) is 0.139. The topological polar surface area (TPSA) is 66.9 Å². The van der Waals surface area contributed by atoms with Crippen LogP contribution in [0.15, 0.2) is 60.7 Å². The van der Waals surface area contributed by atoms with Gasteiger partial charge in [0.1, 0.15) is 0 Å². The first-order valence-corrected chi connectivity index (χ1v) is 7.79. The maximum atomic E-state index is 12.2. The second kappa shape index (κ2) is 7.29. The molecule has 3 rings (SSSR count). The number of para-hydroxylation sites is 1. The van der Waals surface area contributed by atoms with E-state index in [2.05, 4.69) is 20.8 Å². The summed E-state index contributed by atoms with van der Waals surface area (Å²) in [6.45, 7) is 0. The average molecular weight is 359 g/mol. The number of carbonyl (C=O) groups is 1. The van der Waals surface area contributed by atoms with Crippen molar-refractivity contribution >= 4 is 46.3 Å². The van der Waals surface area contributed by atoms with Crippen LogP contribution in [0.1, 0.15) is 10.5 Å². The van der Waals surface area contributed by atoms with Gasteiger partial charge in [-0.1, -0.05) is 35.3 Å². The Morgan fingerprint density at radius 2 is 1.62 bits per heavy atom. The van der Waals surface area contributed by atoms with Crippen molar-refractivity contribution in [2.75, 3.05) is 10.6 Å². The summed E-state index contributed by atoms with van der Waals surface area (Å²) in [5, 5.41) is 14.8. The van der Waals surface area contributed by atoms with Gasteiger partial charge < -0.3 is 10.6 Å². The number of nitrogens with zero attached hydrogens (tertiary/aromatic N) is 2. The number of aromatic nitrogens is 2. The Labute approximate surface area is 148 Å². The van der Waals surface area contributed by atoms with Crippen molar-refractivity contribution in [2.24, 2.45) is 0 Å². The van der Waals surface area contributed by atoms with E-state index in [0.717, 1.165) is 5.69 Å². The Bertz CT molecular complexity index is 851. The van der Waals surface area contributed by atoms with Gasteiger partial charge in [-0.05, 0) is 48.5 Å². The molecule has 2 N–H and O–H groups in total. The molecule has 0 fully saturated rings. The molecule has 24 heavy (non-hydrogen) atoms. The number of benzene rings is 2. The lowest BCUT2D eigenvalue weighted by Crippen LogP contribution is -2.14. The number of hydrogen-bond acceptors (Lipinski definition) is 4. The largest absolute Gasteiger partial charge is 0.339 e. The van der Waals surface area contributed by atoms with Crippen LogP contribution in [0.25, 0.3) is 0 Å². The maximum Gasteiger partial charge on any atom is 0.276 e. The fourth-order valence-corrected chi connectivity index (χ4v) is 2.26. The normalized spacial score (nSPS) is 10.2. The van der Waals surface area contributed by atoms with Crippen molar-refractivity contribution < 1.29 is 4.79 Å². The lowest BCUT2D eigenvalue weighted by atomic mass is 10.3. The summed E-state index contributed by atoms with van der Waals surface area (Å²) in [7, 11) is 0. The van der Waals surface area contributed by atoms with Crippen molar-refractivity contribution in [1.82, 2.24) is 10.2 Å². The molecule has 7 heteroatoms. The van der Waals surface area contributed by atoms with Gasteiger partial charge in [-0.2, -0.15) is 0 Å². The first kappa shape index (κ1) is 16.2. The van der Waals surface area contributed by atoms with Crippen LogP contribution in [0.4, 0.5) is 17.2 Å². The molecule has 0 aliphatic rings. The summed E-state index contributed by atoms with van der Waals surface area (Å²) in [4.78, 5) is 12.2. The molecule has 0 spiro atoms. The van der Waals surface area contributed by atoms with Crippen molar-refractivity contribution in [1.29, 1.82) is 0 Å². The van der Waals surface area contributed by atoms with E-state index in [9.17, 15) is 4.79 Å². The Hall–Kier alpha value is -2.63. The zero-order valence-corrected chi connectivity index (χ0v) is 13.8. The van der Waals surface area contributed by atoms with Crippen LogP contribution in [-0.2, 0) is 0 Å². The second-order valence-corrected chi connectivity index (χ2v) is 5.71. The van der Waals surface area contributed by atoms with E-state index in [1.54, 1.807) is 48.5 Å². The first-order chi connectivity index (χ1) is 11.6. The molecule has 0 aliphatic heterocycles. The van der Waals surface area contributed by atoms with E-state index in [-0.39, 0.29) is 11.6 Å². The molecule has 0 atom stereocenters. The van der Waals surface area contributed by atoms with Gasteiger partial charge in [0.2, 0.25) is 0 Å². The van der Waals surface area contributed by atoms with Gasteiger partial charge in [0.25, 0.3) is 5.91 Å². The number of nitrogens with one attached hydrogen (secondary N) is 2. The highest BCUT2D eigenvalue weighted by Crippen LogP contribution is 2.21. The van der Waals surface area contributed by atoms with Crippen LogP contribution in [-0.4, -0.2) is 16.1 Å². The van der Waals surface area contributed by atoms with E-state index >= 15 is 0 Å². The maximum absolute atomic E-state index is 12.2. The molecule has 0 saturated carbocycles. The summed E-state index contributed by atoms with van der Waals surface area (Å²) in [6.07, 6.45) is 0. The van der Waals surface area contributed by atoms with E-state index in [1.807, 2.05) is 12.1 Å². The molecule has 1 amide bonds. The third-order valence-corrected chi connectivity index (χ3v) is 3.72. The Kier molecular flexibility index (Phi) is 4.93. The van der Waals surface area contributed by atoms with Gasteiger partial charge in [-0.25, -0.2) is 0 Å². The lowest BCUT2D eigenvalue weighted by molar-refractivity contribution is 0.102. The third-order valence-electron chi connectivity index (χ3n) is 3.14. The molecular formula is C17H12Cl2N4O. The fourth-order valence-electron chi connectivity index (χ4n) is 1.95. The minimum atomic E-state index is -0.381. The van der Waals surface area contributed by atoms with Crippen LogP contribution in [0.5, 0.6) is 0 Å². The van der Waals surface area contributed by atoms with Crippen molar-refractivity contribution in [3.8, 4) is 0 Å². The van der Waals surface area contributed by atoms with Gasteiger partial charge in [-0.3, -0.25) is 4.79 Å². The predicted octanol–water partition coefficient (Wildman–Crippen LogP) is 4.78. The van der Waals surface area contributed by atoms with Crippen LogP contribution in [0.2, 0.25) is 10.0 Å². The quantitative estimate of drug-likeness (QED) is 0.704. The predicted molar refractivity (Wildman–Crippen MR) is 96.2 cm³/mol. The van der Waals surface area contributed by atoms with Gasteiger partial charge in [0, 0.05) is 10.7 Å². The summed E-state index contributed by atoms with van der Waals surface area (Å²) in [5.41, 5.74) is 1.54. The molecule has 0 saturated heterocycles. The SMILES string of the molecule is O=C(Nc1ccccc1Cl)c1ccc(Nc2ccc(Cl)cc2)nn1. The zero-order chi connectivity index (χ0) is 16.9. The number of amides is 1. The summed E-state index contributed by atoms with van der Waals surface area (Å²) >= 11 is 11.9. The molecule has 0 aliphatic carbocycles. The van der Waals surface area contributed by atoms with E-state index in [0.29, 0.717) is 21.6 Å². The van der Waals surface area contributed by atoms with Crippen molar-refractivity contribution in [3.63, 3.8) is 0 Å². The monoisotopic (exact) mass is 358 g/mol. The highest BCUT2D eigenvalue weighted by molar-refractivity contribution is 6.33. The first-order valence-electron chi connectivity index (χ1n) is 7.04. The van der Waals surface area contributed by atoms with Gasteiger partial charge in [0.05, 0.1) is 10.7 Å². The third kappa shape index (κ3) is 4.01. The zero-order valence-electron chi connectivity index (χ0n) is 12.3. The number of carbonyl (C=O) groups excluding carboxylic acids is 1. The number of anilines is 3. The van der Waals surface area contributed by atoms with E-state index in [4.69, 9.17) is 23.2 Å². The van der Waals surface area contributed by atoms with Gasteiger partial charge >= 0.3 is 0 Å². The molecule has 3 aromatic rings. The standard InChI is InChI=1S/C17H12Cl2N4O/c18-11-5-7-12(8-6-11)20-16-10-9-15(22-23-16)17(24)21-14-4-2-1-3-13(14)19/h1-10H,(H,20,23)(H,21,24). The highest BCUT2D eigenvalue weighted by atomic mass is 35.5. The Morgan fingerprint density at radius 3 is 2.29 bits per heavy atom. The van der Waals surface area contributed by atoms with E-state index in [1.165, 1.54) is 0 Å². The van der Waals surface area contributed by atoms with Gasteiger partial charge in [0.15, 0.2) is 11.5 Å². The molecule has 5 nitrogen and oxygen atoms in total.